The van der Waals surface area contributed by atoms with E-state index in [1.54, 1.807) is 11.1 Å². The van der Waals surface area contributed by atoms with Gasteiger partial charge in [0.15, 0.2) is 0 Å². The lowest BCUT2D eigenvalue weighted by Crippen LogP contribution is -1.97. The van der Waals surface area contributed by atoms with Crippen LogP contribution in [0.25, 0.3) is 21.9 Å². The Morgan fingerprint density at radius 2 is 0.946 bits per heavy atom. The smallest absolute Gasteiger partial charge is 0.135 e. The number of hydrogen-bond donors (Lipinski definition) is 0. The van der Waals surface area contributed by atoms with Crippen molar-refractivity contribution in [3.8, 4) is 0 Å². The average molecular weight is 505 g/mol. The van der Waals surface area contributed by atoms with Gasteiger partial charge in [-0.1, -0.05) is 154 Å². The van der Waals surface area contributed by atoms with Gasteiger partial charge in [0.1, 0.15) is 11.2 Å². The standard InChI is InChI=1S/C36H56O/c1-3-5-7-9-11-13-15-17-19-21-25-31-29-30-35-36(33-27-23-24-28-34(33)37-35)32(31)26-22-20-18-16-14-12-10-8-6-4-2/h23-24,27-30H,3-22,25-26H2,1-2H3. The van der Waals surface area contributed by atoms with E-state index in [1.807, 2.05) is 0 Å². The Labute approximate surface area is 228 Å². The molecule has 0 saturated heterocycles. The van der Waals surface area contributed by atoms with Crippen molar-refractivity contribution in [1.29, 1.82) is 0 Å². The van der Waals surface area contributed by atoms with E-state index < -0.39 is 0 Å². The maximum Gasteiger partial charge on any atom is 0.135 e. The minimum atomic E-state index is 1.04. The van der Waals surface area contributed by atoms with Crippen LogP contribution in [0.15, 0.2) is 40.8 Å². The molecule has 1 heterocycles. The molecule has 3 rings (SSSR count). The van der Waals surface area contributed by atoms with Crippen molar-refractivity contribution in [3.63, 3.8) is 0 Å². The zero-order valence-electron chi connectivity index (χ0n) is 24.4. The molecule has 0 aliphatic carbocycles. The molecule has 206 valence electrons. The third kappa shape index (κ3) is 10.5. The molecule has 0 aliphatic heterocycles. The first-order valence-electron chi connectivity index (χ1n) is 16.3. The summed E-state index contributed by atoms with van der Waals surface area (Å²) in [6, 6.07) is 13.3. The van der Waals surface area contributed by atoms with Crippen molar-refractivity contribution in [3.05, 3.63) is 47.5 Å². The predicted molar refractivity (Wildman–Crippen MR) is 165 cm³/mol. The van der Waals surface area contributed by atoms with Gasteiger partial charge in [-0.25, -0.2) is 0 Å². The minimum Gasteiger partial charge on any atom is -0.456 e. The van der Waals surface area contributed by atoms with Gasteiger partial charge in [-0.05, 0) is 48.9 Å². The summed E-state index contributed by atoms with van der Waals surface area (Å²) < 4.78 is 6.25. The maximum absolute atomic E-state index is 6.25. The summed E-state index contributed by atoms with van der Waals surface area (Å²) in [5.74, 6) is 0. The van der Waals surface area contributed by atoms with Crippen LogP contribution in [0, 0.1) is 0 Å². The lowest BCUT2D eigenvalue weighted by atomic mass is 9.92. The summed E-state index contributed by atoms with van der Waals surface area (Å²) in [4.78, 5) is 0. The number of unbranched alkanes of at least 4 members (excludes halogenated alkanes) is 18. The van der Waals surface area contributed by atoms with Crippen molar-refractivity contribution in [2.45, 2.75) is 155 Å². The molecule has 0 unspecified atom stereocenters. The number of aryl methyl sites for hydroxylation is 2. The molecule has 0 bridgehead atoms. The number of rotatable bonds is 22. The summed E-state index contributed by atoms with van der Waals surface area (Å²) in [6.07, 6.45) is 30.4. The molecule has 1 nitrogen and oxygen atoms in total. The van der Waals surface area contributed by atoms with Crippen molar-refractivity contribution >= 4 is 21.9 Å². The van der Waals surface area contributed by atoms with Crippen LogP contribution in [-0.2, 0) is 12.8 Å². The average Bonchev–Trinajstić information content (AvgIpc) is 3.30. The van der Waals surface area contributed by atoms with Crippen LogP contribution in [-0.4, -0.2) is 0 Å². The fourth-order valence-corrected chi connectivity index (χ4v) is 6.04. The van der Waals surface area contributed by atoms with Gasteiger partial charge in [0, 0.05) is 10.8 Å². The molecule has 1 aromatic heterocycles. The Morgan fingerprint density at radius 1 is 0.459 bits per heavy atom. The fourth-order valence-electron chi connectivity index (χ4n) is 6.04. The molecule has 2 aromatic carbocycles. The molecule has 3 aromatic rings. The Balaban J connectivity index is 1.48. The third-order valence-corrected chi connectivity index (χ3v) is 8.33. The Kier molecular flexibility index (Phi) is 14.9. The summed E-state index contributed by atoms with van der Waals surface area (Å²) in [7, 11) is 0. The molecule has 1 heteroatoms. The first kappa shape index (κ1) is 29.8. The number of hydrogen-bond acceptors (Lipinski definition) is 1. The molecule has 0 aliphatic rings. The molecular formula is C36H56O. The highest BCUT2D eigenvalue weighted by atomic mass is 16.3. The monoisotopic (exact) mass is 504 g/mol. The Hall–Kier alpha value is -1.76. The van der Waals surface area contributed by atoms with Crippen LogP contribution in [0.3, 0.4) is 0 Å². The molecule has 0 N–H and O–H groups in total. The van der Waals surface area contributed by atoms with E-state index in [1.165, 1.54) is 152 Å². The van der Waals surface area contributed by atoms with Gasteiger partial charge in [-0.3, -0.25) is 0 Å². The van der Waals surface area contributed by atoms with E-state index in [9.17, 15) is 0 Å². The highest BCUT2D eigenvalue weighted by Crippen LogP contribution is 2.34. The third-order valence-electron chi connectivity index (χ3n) is 8.33. The van der Waals surface area contributed by atoms with Gasteiger partial charge in [-0.2, -0.15) is 0 Å². The van der Waals surface area contributed by atoms with Crippen LogP contribution in [0.2, 0.25) is 0 Å². The van der Waals surface area contributed by atoms with Gasteiger partial charge >= 0.3 is 0 Å². The molecular weight excluding hydrogens is 448 g/mol. The summed E-state index contributed by atoms with van der Waals surface area (Å²) >= 11 is 0. The zero-order valence-corrected chi connectivity index (χ0v) is 24.4. The van der Waals surface area contributed by atoms with Crippen LogP contribution in [0.4, 0.5) is 0 Å². The van der Waals surface area contributed by atoms with Gasteiger partial charge in [-0.15, -0.1) is 0 Å². The molecule has 0 amide bonds. The number of fused-ring (bicyclic) bond motifs is 3. The maximum atomic E-state index is 6.25. The molecule has 0 atom stereocenters. The first-order chi connectivity index (χ1) is 18.3. The topological polar surface area (TPSA) is 13.1 Å². The Bertz CT molecular complexity index is 981. The zero-order chi connectivity index (χ0) is 26.0. The van der Waals surface area contributed by atoms with Gasteiger partial charge in [0.25, 0.3) is 0 Å². The number of para-hydroxylation sites is 1. The largest absolute Gasteiger partial charge is 0.456 e. The van der Waals surface area contributed by atoms with Crippen molar-refractivity contribution in [1.82, 2.24) is 0 Å². The number of furan rings is 1. The lowest BCUT2D eigenvalue weighted by molar-refractivity contribution is 0.553. The minimum absolute atomic E-state index is 1.04. The van der Waals surface area contributed by atoms with E-state index in [2.05, 4.69) is 50.2 Å². The highest BCUT2D eigenvalue weighted by molar-refractivity contribution is 6.07. The van der Waals surface area contributed by atoms with Crippen LogP contribution < -0.4 is 0 Å². The quantitative estimate of drug-likeness (QED) is 0.124. The van der Waals surface area contributed by atoms with E-state index >= 15 is 0 Å². The Morgan fingerprint density at radius 3 is 1.51 bits per heavy atom. The van der Waals surface area contributed by atoms with Gasteiger partial charge in [0.2, 0.25) is 0 Å². The normalized spacial score (nSPS) is 11.7. The molecule has 0 spiro atoms. The van der Waals surface area contributed by atoms with E-state index in [0.29, 0.717) is 0 Å². The highest BCUT2D eigenvalue weighted by Gasteiger charge is 2.14. The van der Waals surface area contributed by atoms with Crippen LogP contribution in [0.5, 0.6) is 0 Å². The summed E-state index contributed by atoms with van der Waals surface area (Å²) in [5.41, 5.74) is 5.28. The molecule has 0 fully saturated rings. The predicted octanol–water partition coefficient (Wildman–Crippen LogP) is 12.5. The van der Waals surface area contributed by atoms with Gasteiger partial charge < -0.3 is 4.42 Å². The summed E-state index contributed by atoms with van der Waals surface area (Å²) in [6.45, 7) is 4.60. The van der Waals surface area contributed by atoms with Crippen molar-refractivity contribution in [2.24, 2.45) is 0 Å². The second-order valence-corrected chi connectivity index (χ2v) is 11.5. The van der Waals surface area contributed by atoms with E-state index in [4.69, 9.17) is 4.42 Å². The van der Waals surface area contributed by atoms with Crippen molar-refractivity contribution < 1.29 is 4.42 Å². The molecule has 37 heavy (non-hydrogen) atoms. The second kappa shape index (κ2) is 18.5. The molecule has 0 saturated carbocycles. The molecule has 0 radical (unpaired) electrons. The van der Waals surface area contributed by atoms with Crippen LogP contribution in [0.1, 0.15) is 153 Å². The lowest BCUT2D eigenvalue weighted by Gasteiger charge is -2.12. The first-order valence-corrected chi connectivity index (χ1v) is 16.3. The summed E-state index contributed by atoms with van der Waals surface area (Å²) in [5, 5.41) is 2.71. The second-order valence-electron chi connectivity index (χ2n) is 11.5. The number of benzene rings is 2. The van der Waals surface area contributed by atoms with E-state index in [-0.39, 0.29) is 0 Å². The van der Waals surface area contributed by atoms with E-state index in [0.717, 1.165) is 11.2 Å². The van der Waals surface area contributed by atoms with Gasteiger partial charge in [0.05, 0.1) is 0 Å². The van der Waals surface area contributed by atoms with Crippen LogP contribution >= 0.6 is 0 Å². The SMILES string of the molecule is CCCCCCCCCCCCc1ccc2oc3ccccc3c2c1CCCCCCCCCCCC. The van der Waals surface area contributed by atoms with Crippen molar-refractivity contribution in [2.75, 3.05) is 0 Å². The fraction of sp³-hybridized carbons (Fsp3) is 0.667.